The zero-order chi connectivity index (χ0) is 13.9. The van der Waals surface area contributed by atoms with Crippen LogP contribution in [0.4, 0.5) is 4.39 Å². The number of aliphatic hydroxyl groups is 1. The molecule has 1 aliphatic rings. The molecule has 0 saturated heterocycles. The van der Waals surface area contributed by atoms with Gasteiger partial charge in [0.1, 0.15) is 5.82 Å². The summed E-state index contributed by atoms with van der Waals surface area (Å²) in [5.74, 6) is -0.407. The van der Waals surface area contributed by atoms with Crippen LogP contribution < -0.4 is 5.32 Å². The van der Waals surface area contributed by atoms with Crippen LogP contribution in [0.2, 0.25) is 5.02 Å². The maximum atomic E-state index is 13.9. The molecule has 1 saturated carbocycles. The molecule has 2 rings (SSSR count). The van der Waals surface area contributed by atoms with Crippen LogP contribution in [-0.2, 0) is 5.60 Å². The van der Waals surface area contributed by atoms with Crippen molar-refractivity contribution < 1.29 is 9.50 Å². The van der Waals surface area contributed by atoms with Gasteiger partial charge in [0.05, 0.1) is 5.60 Å². The number of benzene rings is 1. The van der Waals surface area contributed by atoms with E-state index in [-0.39, 0.29) is 0 Å². The van der Waals surface area contributed by atoms with E-state index in [0.717, 1.165) is 25.8 Å². The molecule has 0 aromatic heterocycles. The van der Waals surface area contributed by atoms with Crippen LogP contribution in [0.3, 0.4) is 0 Å². The molecule has 0 heterocycles. The van der Waals surface area contributed by atoms with E-state index in [2.05, 4.69) is 12.2 Å². The highest BCUT2D eigenvalue weighted by molar-refractivity contribution is 6.30. The zero-order valence-electron chi connectivity index (χ0n) is 11.3. The fourth-order valence-electron chi connectivity index (χ4n) is 2.78. The molecule has 106 valence electrons. The van der Waals surface area contributed by atoms with Crippen molar-refractivity contribution in [2.24, 2.45) is 0 Å². The molecule has 1 aromatic carbocycles. The van der Waals surface area contributed by atoms with Gasteiger partial charge in [-0.15, -0.1) is 0 Å². The second-order valence-corrected chi connectivity index (χ2v) is 5.82. The first-order valence-electron chi connectivity index (χ1n) is 6.96. The molecule has 2 N–H and O–H groups in total. The molecule has 0 radical (unpaired) electrons. The van der Waals surface area contributed by atoms with E-state index in [0.29, 0.717) is 29.5 Å². The third kappa shape index (κ3) is 3.47. The van der Waals surface area contributed by atoms with E-state index < -0.39 is 11.4 Å². The Morgan fingerprint density at radius 1 is 1.42 bits per heavy atom. The lowest BCUT2D eigenvalue weighted by Crippen LogP contribution is -2.40. The maximum absolute atomic E-state index is 13.9. The van der Waals surface area contributed by atoms with E-state index >= 15 is 0 Å². The second-order valence-electron chi connectivity index (χ2n) is 5.38. The zero-order valence-corrected chi connectivity index (χ0v) is 12.0. The van der Waals surface area contributed by atoms with Crippen molar-refractivity contribution in [1.82, 2.24) is 5.32 Å². The van der Waals surface area contributed by atoms with Gasteiger partial charge in [0.25, 0.3) is 0 Å². The summed E-state index contributed by atoms with van der Waals surface area (Å²) < 4.78 is 13.9. The molecule has 0 spiro atoms. The Bertz CT molecular complexity index is 430. The Labute approximate surface area is 119 Å². The van der Waals surface area contributed by atoms with Crippen LogP contribution >= 0.6 is 11.6 Å². The van der Waals surface area contributed by atoms with E-state index in [1.165, 1.54) is 6.07 Å². The van der Waals surface area contributed by atoms with Gasteiger partial charge in [0.2, 0.25) is 0 Å². The van der Waals surface area contributed by atoms with Crippen LogP contribution in [0.15, 0.2) is 18.2 Å². The average Bonchev–Trinajstić information content (AvgIpc) is 2.38. The topological polar surface area (TPSA) is 32.3 Å². The standard InChI is InChI=1S/C15H21ClFNO/c1-2-9-18-12-5-7-15(19,8-6-12)13-4-3-11(16)10-14(13)17/h3-4,10,12,18-19H,2,5-9H2,1H3. The van der Waals surface area contributed by atoms with Gasteiger partial charge in [0.15, 0.2) is 0 Å². The first kappa shape index (κ1) is 14.8. The summed E-state index contributed by atoms with van der Waals surface area (Å²) in [7, 11) is 0. The quantitative estimate of drug-likeness (QED) is 0.886. The fourth-order valence-corrected chi connectivity index (χ4v) is 2.94. The monoisotopic (exact) mass is 285 g/mol. The highest BCUT2D eigenvalue weighted by Crippen LogP contribution is 2.38. The predicted octanol–water partition coefficient (Wildman–Crippen LogP) is 3.61. The van der Waals surface area contributed by atoms with Gasteiger partial charge in [-0.2, -0.15) is 0 Å². The van der Waals surface area contributed by atoms with Crippen molar-refractivity contribution in [3.8, 4) is 0 Å². The van der Waals surface area contributed by atoms with Crippen LogP contribution in [0, 0.1) is 5.82 Å². The van der Waals surface area contributed by atoms with Crippen LogP contribution in [-0.4, -0.2) is 17.7 Å². The van der Waals surface area contributed by atoms with Crippen LogP contribution in [0.5, 0.6) is 0 Å². The Balaban J connectivity index is 2.05. The minimum Gasteiger partial charge on any atom is -0.385 e. The number of nitrogens with one attached hydrogen (secondary N) is 1. The van der Waals surface area contributed by atoms with Gasteiger partial charge in [-0.05, 0) is 50.8 Å². The van der Waals surface area contributed by atoms with Crippen molar-refractivity contribution in [1.29, 1.82) is 0 Å². The summed E-state index contributed by atoms with van der Waals surface area (Å²) in [4.78, 5) is 0. The van der Waals surface area contributed by atoms with E-state index in [4.69, 9.17) is 11.6 Å². The number of halogens is 2. The minimum absolute atomic E-state index is 0.364. The molecule has 4 heteroatoms. The largest absolute Gasteiger partial charge is 0.385 e. The van der Waals surface area contributed by atoms with Gasteiger partial charge in [-0.25, -0.2) is 4.39 Å². The molecule has 0 bridgehead atoms. The SMILES string of the molecule is CCCNC1CCC(O)(c2ccc(Cl)cc2F)CC1. The van der Waals surface area contributed by atoms with Gasteiger partial charge in [-0.3, -0.25) is 0 Å². The smallest absolute Gasteiger partial charge is 0.130 e. The molecule has 0 aliphatic heterocycles. The molecule has 0 atom stereocenters. The van der Waals surface area contributed by atoms with Gasteiger partial charge >= 0.3 is 0 Å². The molecule has 1 aromatic rings. The summed E-state index contributed by atoms with van der Waals surface area (Å²) in [5.41, 5.74) is -0.662. The summed E-state index contributed by atoms with van der Waals surface area (Å²) in [6.45, 7) is 3.13. The lowest BCUT2D eigenvalue weighted by molar-refractivity contribution is -0.0112. The van der Waals surface area contributed by atoms with Gasteiger partial charge < -0.3 is 10.4 Å². The van der Waals surface area contributed by atoms with Crippen molar-refractivity contribution in [3.05, 3.63) is 34.6 Å². The number of rotatable bonds is 4. The predicted molar refractivity (Wildman–Crippen MR) is 75.9 cm³/mol. The van der Waals surface area contributed by atoms with Crippen LogP contribution in [0.1, 0.15) is 44.6 Å². The molecular weight excluding hydrogens is 265 g/mol. The van der Waals surface area contributed by atoms with Gasteiger partial charge in [0, 0.05) is 16.6 Å². The third-order valence-corrected chi connectivity index (χ3v) is 4.16. The first-order valence-corrected chi connectivity index (χ1v) is 7.34. The second kappa shape index (κ2) is 6.21. The Morgan fingerprint density at radius 2 is 2.11 bits per heavy atom. The Hall–Kier alpha value is -0.640. The molecule has 1 aliphatic carbocycles. The van der Waals surface area contributed by atoms with Crippen molar-refractivity contribution >= 4 is 11.6 Å². The normalized spacial score (nSPS) is 27.5. The summed E-state index contributed by atoms with van der Waals surface area (Å²) >= 11 is 5.75. The van der Waals surface area contributed by atoms with Crippen LogP contribution in [0.25, 0.3) is 0 Å². The lowest BCUT2D eigenvalue weighted by atomic mass is 9.77. The molecule has 1 fully saturated rings. The average molecular weight is 286 g/mol. The Morgan fingerprint density at radius 3 is 2.68 bits per heavy atom. The third-order valence-electron chi connectivity index (χ3n) is 3.93. The summed E-state index contributed by atoms with van der Waals surface area (Å²) in [5, 5.41) is 14.5. The summed E-state index contributed by atoms with van der Waals surface area (Å²) in [6.07, 6.45) is 4.03. The molecular formula is C15H21ClFNO. The highest BCUT2D eigenvalue weighted by atomic mass is 35.5. The Kier molecular flexibility index (Phi) is 4.82. The minimum atomic E-state index is -1.04. The fraction of sp³-hybridized carbons (Fsp3) is 0.600. The molecule has 2 nitrogen and oxygen atoms in total. The molecule has 0 unspecified atom stereocenters. The number of hydrogen-bond acceptors (Lipinski definition) is 2. The first-order chi connectivity index (χ1) is 9.05. The highest BCUT2D eigenvalue weighted by Gasteiger charge is 2.36. The lowest BCUT2D eigenvalue weighted by Gasteiger charge is -2.37. The van der Waals surface area contributed by atoms with E-state index in [1.54, 1.807) is 12.1 Å². The van der Waals surface area contributed by atoms with Gasteiger partial charge in [-0.1, -0.05) is 24.6 Å². The van der Waals surface area contributed by atoms with Crippen molar-refractivity contribution in [2.45, 2.75) is 50.7 Å². The molecule has 0 amide bonds. The van der Waals surface area contributed by atoms with E-state index in [1.807, 2.05) is 0 Å². The number of hydrogen-bond donors (Lipinski definition) is 2. The van der Waals surface area contributed by atoms with Crippen molar-refractivity contribution in [3.63, 3.8) is 0 Å². The van der Waals surface area contributed by atoms with E-state index in [9.17, 15) is 9.50 Å². The summed E-state index contributed by atoms with van der Waals surface area (Å²) in [6, 6.07) is 4.96. The maximum Gasteiger partial charge on any atom is 0.130 e. The molecule has 19 heavy (non-hydrogen) atoms. The van der Waals surface area contributed by atoms with Crippen molar-refractivity contribution in [2.75, 3.05) is 6.54 Å².